The Morgan fingerprint density at radius 2 is 2.29 bits per heavy atom. The highest BCUT2D eigenvalue weighted by molar-refractivity contribution is 5.90. The van der Waals surface area contributed by atoms with Gasteiger partial charge in [-0.1, -0.05) is 6.07 Å². The summed E-state index contributed by atoms with van der Waals surface area (Å²) in [6.45, 7) is 0. The molecule has 0 aliphatic heterocycles. The third kappa shape index (κ3) is 2.29. The standard InChI is InChI=1S/C9H9NO4/c1-14-9(13)8-6(5-7(11)12)3-2-4-10-8/h2-4H,5H2,1H3,(H,11,12). The number of pyridine rings is 1. The molecule has 0 aliphatic rings. The number of carbonyl (C=O) groups excluding carboxylic acids is 1. The van der Waals surface area contributed by atoms with Gasteiger partial charge in [-0.05, 0) is 11.6 Å². The van der Waals surface area contributed by atoms with Crippen LogP contribution in [0.2, 0.25) is 0 Å². The fourth-order valence-electron chi connectivity index (χ4n) is 1.02. The summed E-state index contributed by atoms with van der Waals surface area (Å²) < 4.78 is 4.46. The van der Waals surface area contributed by atoms with Crippen molar-refractivity contribution >= 4 is 11.9 Å². The van der Waals surface area contributed by atoms with E-state index in [0.29, 0.717) is 5.56 Å². The Bertz CT molecular complexity index is 362. The molecule has 1 heterocycles. The van der Waals surface area contributed by atoms with Crippen LogP contribution < -0.4 is 0 Å². The van der Waals surface area contributed by atoms with Crippen molar-refractivity contribution in [1.29, 1.82) is 0 Å². The minimum absolute atomic E-state index is 0.0531. The smallest absolute Gasteiger partial charge is 0.356 e. The molecule has 0 saturated heterocycles. The van der Waals surface area contributed by atoms with Crippen LogP contribution in [0, 0.1) is 0 Å². The lowest BCUT2D eigenvalue weighted by molar-refractivity contribution is -0.136. The van der Waals surface area contributed by atoms with Crippen molar-refractivity contribution in [3.8, 4) is 0 Å². The Labute approximate surface area is 80.3 Å². The molecule has 5 heteroatoms. The van der Waals surface area contributed by atoms with Gasteiger partial charge in [0.2, 0.25) is 0 Å². The lowest BCUT2D eigenvalue weighted by atomic mass is 10.1. The number of hydrogen-bond donors (Lipinski definition) is 1. The van der Waals surface area contributed by atoms with E-state index in [1.807, 2.05) is 0 Å². The molecule has 0 radical (unpaired) electrons. The zero-order chi connectivity index (χ0) is 10.6. The van der Waals surface area contributed by atoms with Crippen molar-refractivity contribution in [2.75, 3.05) is 7.11 Å². The first-order valence-corrected chi connectivity index (χ1v) is 3.89. The van der Waals surface area contributed by atoms with Crippen molar-refractivity contribution < 1.29 is 19.4 Å². The first-order chi connectivity index (χ1) is 6.65. The van der Waals surface area contributed by atoms with Crippen molar-refractivity contribution in [2.45, 2.75) is 6.42 Å². The van der Waals surface area contributed by atoms with E-state index in [0.717, 1.165) is 0 Å². The quantitative estimate of drug-likeness (QED) is 0.710. The van der Waals surface area contributed by atoms with Crippen LogP contribution in [-0.4, -0.2) is 29.1 Å². The SMILES string of the molecule is COC(=O)c1ncccc1CC(=O)O. The average molecular weight is 195 g/mol. The highest BCUT2D eigenvalue weighted by Crippen LogP contribution is 2.07. The second-order valence-electron chi connectivity index (χ2n) is 2.57. The molecule has 1 rings (SSSR count). The van der Waals surface area contributed by atoms with Crippen molar-refractivity contribution in [1.82, 2.24) is 4.98 Å². The molecule has 0 aromatic carbocycles. The molecule has 0 fully saturated rings. The third-order valence-electron chi connectivity index (χ3n) is 1.61. The average Bonchev–Trinajstić information content (AvgIpc) is 2.16. The maximum atomic E-state index is 11.1. The predicted octanol–water partition coefficient (Wildman–Crippen LogP) is 0.495. The van der Waals surface area contributed by atoms with Crippen LogP contribution >= 0.6 is 0 Å². The largest absolute Gasteiger partial charge is 0.481 e. The van der Waals surface area contributed by atoms with Crippen molar-refractivity contribution in [3.63, 3.8) is 0 Å². The zero-order valence-corrected chi connectivity index (χ0v) is 7.56. The number of carbonyl (C=O) groups is 2. The maximum absolute atomic E-state index is 11.1. The molecular formula is C9H9NO4. The molecule has 1 aromatic heterocycles. The van der Waals surface area contributed by atoms with E-state index in [4.69, 9.17) is 5.11 Å². The van der Waals surface area contributed by atoms with Gasteiger partial charge in [-0.3, -0.25) is 4.79 Å². The summed E-state index contributed by atoms with van der Waals surface area (Å²) in [5.41, 5.74) is 0.407. The number of carboxylic acids is 1. The number of nitrogens with zero attached hydrogens (tertiary/aromatic N) is 1. The number of aliphatic carboxylic acids is 1. The van der Waals surface area contributed by atoms with Gasteiger partial charge in [0.1, 0.15) is 0 Å². The lowest BCUT2D eigenvalue weighted by Gasteiger charge is -2.03. The van der Waals surface area contributed by atoms with Crippen LogP contribution in [0.15, 0.2) is 18.3 Å². The van der Waals surface area contributed by atoms with Gasteiger partial charge in [0.15, 0.2) is 5.69 Å². The van der Waals surface area contributed by atoms with Crippen LogP contribution in [0.3, 0.4) is 0 Å². The number of methoxy groups -OCH3 is 1. The van der Waals surface area contributed by atoms with E-state index in [1.165, 1.54) is 19.4 Å². The van der Waals surface area contributed by atoms with E-state index >= 15 is 0 Å². The van der Waals surface area contributed by atoms with E-state index in [-0.39, 0.29) is 12.1 Å². The highest BCUT2D eigenvalue weighted by Gasteiger charge is 2.14. The molecule has 0 unspecified atom stereocenters. The van der Waals surface area contributed by atoms with E-state index < -0.39 is 11.9 Å². The number of esters is 1. The lowest BCUT2D eigenvalue weighted by Crippen LogP contribution is -2.11. The first-order valence-electron chi connectivity index (χ1n) is 3.89. The Kier molecular flexibility index (Phi) is 3.17. The van der Waals surface area contributed by atoms with Gasteiger partial charge in [-0.15, -0.1) is 0 Å². The highest BCUT2D eigenvalue weighted by atomic mass is 16.5. The van der Waals surface area contributed by atoms with Gasteiger partial charge < -0.3 is 9.84 Å². The van der Waals surface area contributed by atoms with Crippen molar-refractivity contribution in [3.05, 3.63) is 29.6 Å². The topological polar surface area (TPSA) is 76.5 Å². The predicted molar refractivity (Wildman–Crippen MR) is 46.9 cm³/mol. The molecule has 1 N–H and O–H groups in total. The fraction of sp³-hybridized carbons (Fsp3) is 0.222. The minimum atomic E-state index is -1.01. The summed E-state index contributed by atoms with van der Waals surface area (Å²) >= 11 is 0. The monoisotopic (exact) mass is 195 g/mol. The molecule has 0 atom stereocenters. The molecule has 14 heavy (non-hydrogen) atoms. The zero-order valence-electron chi connectivity index (χ0n) is 7.56. The number of carboxylic acid groups (broad SMARTS) is 1. The van der Waals surface area contributed by atoms with Crippen molar-refractivity contribution in [2.24, 2.45) is 0 Å². The van der Waals surface area contributed by atoms with Crippen LogP contribution in [0.5, 0.6) is 0 Å². The fourth-order valence-corrected chi connectivity index (χ4v) is 1.02. The Morgan fingerprint density at radius 3 is 2.86 bits per heavy atom. The molecule has 0 saturated carbocycles. The van der Waals surface area contributed by atoms with Gasteiger partial charge in [-0.2, -0.15) is 0 Å². The molecule has 0 bridgehead atoms. The van der Waals surface area contributed by atoms with Gasteiger partial charge in [-0.25, -0.2) is 9.78 Å². The number of rotatable bonds is 3. The molecule has 5 nitrogen and oxygen atoms in total. The third-order valence-corrected chi connectivity index (χ3v) is 1.61. The van der Waals surface area contributed by atoms with E-state index in [1.54, 1.807) is 6.07 Å². The first kappa shape index (κ1) is 10.2. The Morgan fingerprint density at radius 1 is 1.57 bits per heavy atom. The molecule has 1 aromatic rings. The van der Waals surface area contributed by atoms with Gasteiger partial charge >= 0.3 is 11.9 Å². The summed E-state index contributed by atoms with van der Waals surface area (Å²) in [7, 11) is 1.22. The summed E-state index contributed by atoms with van der Waals surface area (Å²) in [6.07, 6.45) is 1.18. The van der Waals surface area contributed by atoms with Gasteiger partial charge in [0.25, 0.3) is 0 Å². The van der Waals surface area contributed by atoms with Crippen LogP contribution in [0.4, 0.5) is 0 Å². The molecule has 74 valence electrons. The number of ether oxygens (including phenoxy) is 1. The van der Waals surface area contributed by atoms with Gasteiger partial charge in [0.05, 0.1) is 13.5 Å². The second-order valence-corrected chi connectivity index (χ2v) is 2.57. The number of aromatic nitrogens is 1. The second kappa shape index (κ2) is 4.36. The molecule has 0 aliphatic carbocycles. The van der Waals surface area contributed by atoms with Crippen LogP contribution in [0.1, 0.15) is 16.1 Å². The summed E-state index contributed by atoms with van der Waals surface area (Å²) in [6, 6.07) is 3.11. The molecule has 0 spiro atoms. The summed E-state index contributed by atoms with van der Waals surface area (Å²) in [5, 5.41) is 8.57. The maximum Gasteiger partial charge on any atom is 0.356 e. The Hall–Kier alpha value is -1.91. The van der Waals surface area contributed by atoms with E-state index in [2.05, 4.69) is 9.72 Å². The summed E-state index contributed by atoms with van der Waals surface area (Å²) in [4.78, 5) is 25.4. The normalized spacial score (nSPS) is 9.50. The van der Waals surface area contributed by atoms with E-state index in [9.17, 15) is 9.59 Å². The van der Waals surface area contributed by atoms with Crippen LogP contribution in [-0.2, 0) is 16.0 Å². The van der Waals surface area contributed by atoms with Crippen LogP contribution in [0.25, 0.3) is 0 Å². The number of hydrogen-bond acceptors (Lipinski definition) is 4. The summed E-state index contributed by atoms with van der Waals surface area (Å²) in [5.74, 6) is -1.63. The van der Waals surface area contributed by atoms with Gasteiger partial charge in [0, 0.05) is 6.20 Å². The minimum Gasteiger partial charge on any atom is -0.481 e. The molecule has 0 amide bonds. The molecular weight excluding hydrogens is 186 g/mol. The Balaban J connectivity index is 3.02.